The first-order chi connectivity index (χ1) is 27.1. The summed E-state index contributed by atoms with van der Waals surface area (Å²) in [5.41, 5.74) is 0.424. The second-order valence-electron chi connectivity index (χ2n) is 11.7. The van der Waals surface area contributed by atoms with Crippen molar-refractivity contribution in [2.24, 2.45) is 30.7 Å². The van der Waals surface area contributed by atoms with Gasteiger partial charge in [-0.3, -0.25) is 20.2 Å². The van der Waals surface area contributed by atoms with Crippen LogP contribution in [0.15, 0.2) is 115 Å². The Kier molecular flexibility index (Phi) is 13.3. The van der Waals surface area contributed by atoms with Crippen molar-refractivity contribution in [3.05, 3.63) is 117 Å². The summed E-state index contributed by atoms with van der Waals surface area (Å²) in [7, 11) is -7.99. The van der Waals surface area contributed by atoms with Crippen molar-refractivity contribution in [3.8, 4) is 34.6 Å². The monoisotopic (exact) mass is 888 g/mol. The van der Waals surface area contributed by atoms with Crippen molar-refractivity contribution in [1.82, 2.24) is 19.6 Å². The summed E-state index contributed by atoms with van der Waals surface area (Å²) in [5, 5.41) is 96.0. The molecule has 0 aliphatic carbocycles. The van der Waals surface area contributed by atoms with E-state index >= 15 is 0 Å². The molecule has 0 saturated heterocycles. The average Bonchev–Trinajstić information content (AvgIpc) is 3.61. The zero-order valence-electron chi connectivity index (χ0n) is 30.0. The number of rotatable bonds is 10. The number of aromatic hydroxyl groups is 4. The van der Waals surface area contributed by atoms with Crippen molar-refractivity contribution in [2.75, 3.05) is 0 Å². The minimum Gasteiger partial charge on any atom is -0.506 e. The summed E-state index contributed by atoms with van der Waals surface area (Å²) in [5.74, 6) is -1.81. The topological polar surface area (TPSA) is 373 Å². The maximum Gasteiger partial charge on any atom is 0.271 e. The minimum absolute atomic E-state index is 0. The van der Waals surface area contributed by atoms with E-state index in [0.29, 0.717) is 0 Å². The Balaban J connectivity index is 0.000000256. The van der Waals surface area contributed by atoms with Gasteiger partial charge in [0, 0.05) is 53.8 Å². The van der Waals surface area contributed by atoms with Gasteiger partial charge < -0.3 is 20.4 Å². The predicted molar refractivity (Wildman–Crippen MR) is 201 cm³/mol. The maximum atomic E-state index is 11.3. The number of aryl methyl sites for hydroxylation is 2. The number of primary sulfonamides is 2. The summed E-state index contributed by atoms with van der Waals surface area (Å²) in [6.07, 6.45) is 0. The van der Waals surface area contributed by atoms with Crippen molar-refractivity contribution in [3.63, 3.8) is 0 Å². The van der Waals surface area contributed by atoms with E-state index in [1.54, 1.807) is 0 Å². The first-order valence-corrected chi connectivity index (χ1v) is 18.9. The summed E-state index contributed by atoms with van der Waals surface area (Å²) < 4.78 is 47.3. The molecule has 2 aromatic heterocycles. The van der Waals surface area contributed by atoms with Crippen LogP contribution in [0.2, 0.25) is 0 Å². The summed E-state index contributed by atoms with van der Waals surface area (Å²) in [6, 6.07) is 17.5. The van der Waals surface area contributed by atoms with Gasteiger partial charge in [0.1, 0.15) is 22.9 Å². The second kappa shape index (κ2) is 17.6. The van der Waals surface area contributed by atoms with Gasteiger partial charge in [0.2, 0.25) is 31.8 Å². The molecule has 0 aliphatic rings. The number of hydrogen-bond acceptors (Lipinski definition) is 18. The van der Waals surface area contributed by atoms with Crippen molar-refractivity contribution in [1.29, 1.82) is 0 Å². The van der Waals surface area contributed by atoms with Crippen LogP contribution in [0.1, 0.15) is 11.4 Å². The number of hydrogen-bond donors (Lipinski definition) is 6. The van der Waals surface area contributed by atoms with E-state index in [2.05, 4.69) is 30.7 Å². The number of aromatic nitrogens is 4. The molecule has 27 heteroatoms. The van der Waals surface area contributed by atoms with Crippen LogP contribution in [0.3, 0.4) is 0 Å². The molecule has 0 radical (unpaired) electrons. The predicted octanol–water partition coefficient (Wildman–Crippen LogP) is 5.12. The third kappa shape index (κ3) is 10.2. The van der Waals surface area contributed by atoms with E-state index in [4.69, 9.17) is 10.3 Å². The second-order valence-corrected chi connectivity index (χ2v) is 14.8. The smallest absolute Gasteiger partial charge is 0.271 e. The van der Waals surface area contributed by atoms with Crippen LogP contribution in [0.5, 0.6) is 23.3 Å². The first-order valence-electron chi connectivity index (χ1n) is 15.8. The number of non-ortho nitro benzene ring substituents is 2. The standard InChI is InChI=1S/2C16H14N6O6S.Cr/c2*1-9-15(19-18-13-6-5-12(8-14(13)23)29(17,27)28)16(24)21(20-9)10-3-2-4-11(7-10)22(25)26;/h2*2-8,23-24H,1H3,(H2,17,27,28);. The van der Waals surface area contributed by atoms with Crippen LogP contribution >= 0.6 is 0 Å². The van der Waals surface area contributed by atoms with Crippen molar-refractivity contribution < 1.29 is 64.5 Å². The van der Waals surface area contributed by atoms with Gasteiger partial charge in [-0.2, -0.15) is 19.6 Å². The summed E-state index contributed by atoms with van der Waals surface area (Å²) in [4.78, 5) is 20.1. The molecule has 8 N–H and O–H groups in total. The SMILES string of the molecule is Cc1nn(-c2cccc([N+](=O)[O-])c2)c(O)c1N=Nc1ccc(S(N)(=O)=O)cc1O.Cc1nn(-c2cccc([N+](=O)[O-])c2)c(O)c1N=Nc1ccc(S(N)(=O)=O)cc1O.[Cr]. The molecule has 24 nitrogen and oxygen atoms in total. The van der Waals surface area contributed by atoms with Gasteiger partial charge in [0.15, 0.2) is 11.4 Å². The molecule has 6 rings (SSSR count). The molecule has 0 unspecified atom stereocenters. The first kappa shape index (κ1) is 44.6. The average molecular weight is 889 g/mol. The van der Waals surface area contributed by atoms with E-state index in [-0.39, 0.29) is 84.0 Å². The third-order valence-corrected chi connectivity index (χ3v) is 9.47. The van der Waals surface area contributed by atoms with Gasteiger partial charge in [0.25, 0.3) is 11.4 Å². The zero-order valence-corrected chi connectivity index (χ0v) is 32.9. The molecular formula is C32H28CrN12O12S2. The molecule has 0 amide bonds. The maximum absolute atomic E-state index is 11.3. The molecule has 2 heterocycles. The Labute approximate surface area is 342 Å². The van der Waals surface area contributed by atoms with Gasteiger partial charge >= 0.3 is 0 Å². The quantitative estimate of drug-likeness (QED) is 0.0590. The van der Waals surface area contributed by atoms with Crippen LogP contribution in [0, 0.1) is 34.1 Å². The Hall–Kier alpha value is -7.15. The van der Waals surface area contributed by atoms with Crippen LogP contribution in [-0.2, 0) is 37.4 Å². The molecule has 0 spiro atoms. The molecule has 0 bridgehead atoms. The number of phenolic OH excluding ortho intramolecular Hbond substituents is 2. The van der Waals surface area contributed by atoms with Gasteiger partial charge in [-0.15, -0.1) is 20.5 Å². The fraction of sp³-hybridized carbons (Fsp3) is 0.0625. The molecule has 0 saturated carbocycles. The molecule has 4 aromatic carbocycles. The van der Waals surface area contributed by atoms with E-state index in [9.17, 15) is 57.5 Å². The molecule has 0 atom stereocenters. The number of sulfonamides is 2. The summed E-state index contributed by atoms with van der Waals surface area (Å²) >= 11 is 0. The molecule has 0 aliphatic heterocycles. The normalized spacial score (nSPS) is 11.6. The van der Waals surface area contributed by atoms with Gasteiger partial charge in [-0.25, -0.2) is 27.1 Å². The number of nitro groups is 2. The number of benzene rings is 4. The molecular weight excluding hydrogens is 861 g/mol. The largest absolute Gasteiger partial charge is 0.506 e. The van der Waals surface area contributed by atoms with E-state index in [1.165, 1.54) is 74.5 Å². The fourth-order valence-corrected chi connectivity index (χ4v) is 5.89. The van der Waals surface area contributed by atoms with Crippen LogP contribution in [-0.4, -0.2) is 66.7 Å². The molecule has 0 fully saturated rings. The van der Waals surface area contributed by atoms with Crippen LogP contribution < -0.4 is 10.3 Å². The number of phenols is 2. The zero-order chi connectivity index (χ0) is 42.7. The minimum atomic E-state index is -3.99. The van der Waals surface area contributed by atoms with Gasteiger partial charge in [0.05, 0.1) is 42.4 Å². The van der Waals surface area contributed by atoms with E-state index < -0.39 is 53.2 Å². The van der Waals surface area contributed by atoms with Crippen molar-refractivity contribution >= 4 is 54.2 Å². The Morgan fingerprint density at radius 1 is 0.593 bits per heavy atom. The van der Waals surface area contributed by atoms with Crippen LogP contribution in [0.25, 0.3) is 11.4 Å². The number of nitrogens with two attached hydrogens (primary N) is 2. The van der Waals surface area contributed by atoms with Crippen molar-refractivity contribution in [2.45, 2.75) is 23.6 Å². The molecule has 6 aromatic rings. The Morgan fingerprint density at radius 3 is 1.25 bits per heavy atom. The van der Waals surface area contributed by atoms with E-state index in [0.717, 1.165) is 33.6 Å². The summed E-state index contributed by atoms with van der Waals surface area (Å²) in [6.45, 7) is 3.07. The number of azo groups is 2. The van der Waals surface area contributed by atoms with Crippen LogP contribution in [0.4, 0.5) is 34.1 Å². The number of nitrogens with zero attached hydrogens (tertiary/aromatic N) is 10. The number of nitro benzene ring substituents is 2. The van der Waals surface area contributed by atoms with Gasteiger partial charge in [-0.1, -0.05) is 12.1 Å². The van der Waals surface area contributed by atoms with Gasteiger partial charge in [-0.05, 0) is 50.2 Å². The fourth-order valence-electron chi connectivity index (χ4n) is 4.82. The molecule has 59 heavy (non-hydrogen) atoms. The van der Waals surface area contributed by atoms with E-state index in [1.807, 2.05) is 0 Å². The Bertz CT molecular complexity index is 2700. The third-order valence-electron chi connectivity index (χ3n) is 7.65. The molecule has 306 valence electrons. The Morgan fingerprint density at radius 2 is 0.949 bits per heavy atom.